The highest BCUT2D eigenvalue weighted by atomic mass is 32.2. The Morgan fingerprint density at radius 1 is 1.35 bits per heavy atom. The Morgan fingerprint density at radius 3 is 2.75 bits per heavy atom. The molecule has 0 aliphatic heterocycles. The van der Waals surface area contributed by atoms with E-state index in [1.54, 1.807) is 11.8 Å². The van der Waals surface area contributed by atoms with Gasteiger partial charge in [0.15, 0.2) is 5.78 Å². The number of hydrogen-bond donors (Lipinski definition) is 1. The molecule has 0 atom stereocenters. The molecule has 0 heterocycles. The summed E-state index contributed by atoms with van der Waals surface area (Å²) < 4.78 is 0. The summed E-state index contributed by atoms with van der Waals surface area (Å²) in [5.41, 5.74) is 0.964. The third kappa shape index (κ3) is 3.51. The molecule has 20 heavy (non-hydrogen) atoms. The number of thioether (sulfide) groups is 1. The average molecular weight is 289 g/mol. The Kier molecular flexibility index (Phi) is 4.33. The number of hydrogen-bond acceptors (Lipinski definition) is 4. The fourth-order valence-electron chi connectivity index (χ4n) is 2.28. The van der Waals surface area contributed by atoms with Gasteiger partial charge in [0, 0.05) is 24.0 Å². The van der Waals surface area contributed by atoms with Crippen molar-refractivity contribution in [3.8, 4) is 0 Å². The van der Waals surface area contributed by atoms with E-state index in [2.05, 4.69) is 4.99 Å². The number of rotatable bonds is 3. The zero-order valence-corrected chi connectivity index (χ0v) is 12.8. The van der Waals surface area contributed by atoms with Crippen molar-refractivity contribution in [2.75, 3.05) is 6.26 Å². The maximum absolute atomic E-state index is 12.1. The number of ketones is 1. The van der Waals surface area contributed by atoms with E-state index in [4.69, 9.17) is 0 Å². The van der Waals surface area contributed by atoms with Gasteiger partial charge in [-0.2, -0.15) is 0 Å². The highest BCUT2D eigenvalue weighted by Gasteiger charge is 2.32. The number of carbonyl (C=O) groups is 1. The summed E-state index contributed by atoms with van der Waals surface area (Å²) in [5, 5.41) is 10.0. The van der Waals surface area contributed by atoms with Gasteiger partial charge in [0.1, 0.15) is 5.76 Å². The summed E-state index contributed by atoms with van der Waals surface area (Å²) in [6.45, 7) is 3.97. The maximum atomic E-state index is 12.1. The molecule has 106 valence electrons. The van der Waals surface area contributed by atoms with E-state index in [9.17, 15) is 9.90 Å². The first-order valence-corrected chi connectivity index (χ1v) is 7.77. The highest BCUT2D eigenvalue weighted by Crippen LogP contribution is 2.35. The quantitative estimate of drug-likeness (QED) is 0.666. The SMILES string of the molecule is CSc1cccc(N=CC2=C(O)CC(C)(C)CC2=O)c1. The van der Waals surface area contributed by atoms with E-state index >= 15 is 0 Å². The van der Waals surface area contributed by atoms with Crippen molar-refractivity contribution in [3.63, 3.8) is 0 Å². The highest BCUT2D eigenvalue weighted by molar-refractivity contribution is 7.98. The molecule has 0 fully saturated rings. The van der Waals surface area contributed by atoms with Gasteiger partial charge in [0.05, 0.1) is 11.3 Å². The molecule has 0 spiro atoms. The van der Waals surface area contributed by atoms with Crippen molar-refractivity contribution in [1.29, 1.82) is 0 Å². The van der Waals surface area contributed by atoms with Crippen LogP contribution >= 0.6 is 11.8 Å². The van der Waals surface area contributed by atoms with Crippen molar-refractivity contribution in [1.82, 2.24) is 0 Å². The molecule has 1 aliphatic carbocycles. The Hall–Kier alpha value is -1.55. The Labute approximate surface area is 123 Å². The molecule has 1 aromatic rings. The van der Waals surface area contributed by atoms with E-state index < -0.39 is 0 Å². The van der Waals surface area contributed by atoms with E-state index in [0.717, 1.165) is 10.6 Å². The molecule has 1 N–H and O–H groups in total. The lowest BCUT2D eigenvalue weighted by Gasteiger charge is -2.28. The number of allylic oxidation sites excluding steroid dienone is 2. The van der Waals surface area contributed by atoms with Crippen LogP contribution in [0.3, 0.4) is 0 Å². The number of aliphatic hydroxyl groups excluding tert-OH is 1. The first kappa shape index (κ1) is 14.9. The van der Waals surface area contributed by atoms with Crippen LogP contribution in [0.25, 0.3) is 0 Å². The normalized spacial score (nSPS) is 18.9. The lowest BCUT2D eigenvalue weighted by atomic mass is 9.77. The predicted molar refractivity (Wildman–Crippen MR) is 84.1 cm³/mol. The van der Waals surface area contributed by atoms with E-state index in [1.807, 2.05) is 44.4 Å². The molecule has 1 aromatic carbocycles. The van der Waals surface area contributed by atoms with Gasteiger partial charge in [0.25, 0.3) is 0 Å². The Balaban J connectivity index is 2.24. The van der Waals surface area contributed by atoms with Gasteiger partial charge in [-0.3, -0.25) is 9.79 Å². The molecule has 4 heteroatoms. The zero-order valence-electron chi connectivity index (χ0n) is 12.0. The third-order valence-electron chi connectivity index (χ3n) is 3.29. The number of aliphatic imine (C=N–C) groups is 1. The third-order valence-corrected chi connectivity index (χ3v) is 4.02. The number of carbonyl (C=O) groups excluding carboxylic acids is 1. The van der Waals surface area contributed by atoms with Crippen LogP contribution in [0.2, 0.25) is 0 Å². The van der Waals surface area contributed by atoms with Gasteiger partial charge in [-0.25, -0.2) is 0 Å². The second-order valence-electron chi connectivity index (χ2n) is 5.76. The van der Waals surface area contributed by atoms with E-state index in [-0.39, 0.29) is 17.0 Å². The molecule has 0 bridgehead atoms. The Bertz CT molecular complexity index is 588. The van der Waals surface area contributed by atoms with E-state index in [0.29, 0.717) is 18.4 Å². The van der Waals surface area contributed by atoms with Gasteiger partial charge in [-0.1, -0.05) is 19.9 Å². The monoisotopic (exact) mass is 289 g/mol. The average Bonchev–Trinajstić information content (AvgIpc) is 2.36. The van der Waals surface area contributed by atoms with Gasteiger partial charge >= 0.3 is 0 Å². The lowest BCUT2D eigenvalue weighted by Crippen LogP contribution is -2.26. The maximum Gasteiger partial charge on any atom is 0.168 e. The summed E-state index contributed by atoms with van der Waals surface area (Å²) in [6, 6.07) is 7.77. The standard InChI is InChI=1S/C16H19NO2S/c1-16(2)8-14(18)13(15(19)9-16)10-17-11-5-4-6-12(7-11)20-3/h4-7,10,18H,8-9H2,1-3H3. The fourth-order valence-corrected chi connectivity index (χ4v) is 2.73. The van der Waals surface area contributed by atoms with Crippen molar-refractivity contribution in [2.24, 2.45) is 10.4 Å². The summed E-state index contributed by atoms with van der Waals surface area (Å²) in [7, 11) is 0. The molecule has 0 saturated carbocycles. The molecular weight excluding hydrogens is 270 g/mol. The Morgan fingerprint density at radius 2 is 2.10 bits per heavy atom. The van der Waals surface area contributed by atoms with Crippen molar-refractivity contribution in [2.45, 2.75) is 31.6 Å². The summed E-state index contributed by atoms with van der Waals surface area (Å²) in [5.74, 6) is 0.111. The molecule has 0 aromatic heterocycles. The summed E-state index contributed by atoms with van der Waals surface area (Å²) in [4.78, 5) is 17.5. The van der Waals surface area contributed by atoms with Gasteiger partial charge in [-0.15, -0.1) is 11.8 Å². The smallest absolute Gasteiger partial charge is 0.168 e. The molecule has 2 rings (SSSR count). The second kappa shape index (κ2) is 5.83. The first-order valence-electron chi connectivity index (χ1n) is 6.55. The predicted octanol–water partition coefficient (Wildman–Crippen LogP) is 4.31. The second-order valence-corrected chi connectivity index (χ2v) is 6.64. The zero-order chi connectivity index (χ0) is 14.8. The molecule has 0 unspecified atom stereocenters. The minimum atomic E-state index is -0.169. The van der Waals surface area contributed by atoms with Gasteiger partial charge < -0.3 is 5.11 Å². The minimum absolute atomic E-state index is 0.0384. The summed E-state index contributed by atoms with van der Waals surface area (Å²) >= 11 is 1.64. The van der Waals surface area contributed by atoms with Crippen LogP contribution in [0.15, 0.2) is 45.5 Å². The van der Waals surface area contributed by atoms with Crippen LogP contribution in [0, 0.1) is 5.41 Å². The minimum Gasteiger partial charge on any atom is -0.511 e. The van der Waals surface area contributed by atoms with Crippen LogP contribution in [0.5, 0.6) is 0 Å². The summed E-state index contributed by atoms with van der Waals surface area (Å²) in [6.07, 6.45) is 4.46. The number of Topliss-reactive ketones (excluding diaryl/α,β-unsaturated/α-hetero) is 1. The fraction of sp³-hybridized carbons (Fsp3) is 0.375. The van der Waals surface area contributed by atoms with Gasteiger partial charge in [0.2, 0.25) is 0 Å². The topological polar surface area (TPSA) is 49.7 Å². The molecule has 0 radical (unpaired) electrons. The molecular formula is C16H19NO2S. The number of nitrogens with zero attached hydrogens (tertiary/aromatic N) is 1. The van der Waals surface area contributed by atoms with Crippen molar-refractivity contribution in [3.05, 3.63) is 35.6 Å². The van der Waals surface area contributed by atoms with E-state index in [1.165, 1.54) is 6.21 Å². The van der Waals surface area contributed by atoms with Crippen molar-refractivity contribution < 1.29 is 9.90 Å². The van der Waals surface area contributed by atoms with Crippen LogP contribution in [-0.4, -0.2) is 23.4 Å². The lowest BCUT2D eigenvalue weighted by molar-refractivity contribution is -0.117. The largest absolute Gasteiger partial charge is 0.511 e. The van der Waals surface area contributed by atoms with Gasteiger partial charge in [-0.05, 0) is 29.9 Å². The molecule has 1 aliphatic rings. The first-order chi connectivity index (χ1) is 9.41. The van der Waals surface area contributed by atoms with Crippen LogP contribution in [0.4, 0.5) is 5.69 Å². The number of aliphatic hydroxyl groups is 1. The molecule has 0 saturated heterocycles. The number of benzene rings is 1. The van der Waals surface area contributed by atoms with Crippen LogP contribution < -0.4 is 0 Å². The molecule has 0 amide bonds. The van der Waals surface area contributed by atoms with Crippen LogP contribution in [-0.2, 0) is 4.79 Å². The molecule has 3 nitrogen and oxygen atoms in total. The van der Waals surface area contributed by atoms with Crippen LogP contribution in [0.1, 0.15) is 26.7 Å². The van der Waals surface area contributed by atoms with Crippen molar-refractivity contribution >= 4 is 29.4 Å².